The summed E-state index contributed by atoms with van der Waals surface area (Å²) >= 11 is 2.91. The van der Waals surface area contributed by atoms with Crippen LogP contribution < -0.4 is 0 Å². The number of nitro groups is 1. The first kappa shape index (κ1) is 15.0. The predicted octanol–water partition coefficient (Wildman–Crippen LogP) is 3.57. The molecule has 0 saturated carbocycles. The fourth-order valence-corrected chi connectivity index (χ4v) is 1.76. The summed E-state index contributed by atoms with van der Waals surface area (Å²) in [6.45, 7) is 4.07. The topological polar surface area (TPSA) is 61.6 Å². The number of hydrogen-bond acceptors (Lipinski definition) is 4. The zero-order valence-corrected chi connectivity index (χ0v) is 11.6. The summed E-state index contributed by atoms with van der Waals surface area (Å²) in [6.07, 6.45) is -0.942. The van der Waals surface area contributed by atoms with Crippen LogP contribution in [0.3, 0.4) is 0 Å². The summed E-state index contributed by atoms with van der Waals surface area (Å²) in [5.74, 6) is -0.597. The smallest absolute Gasteiger partial charge is 0.279 e. The molecule has 1 rings (SSSR count). The van der Waals surface area contributed by atoms with Crippen molar-refractivity contribution in [3.05, 3.63) is 38.1 Å². The minimum atomic E-state index is -0.942. The molecule has 100 valence electrons. The lowest BCUT2D eigenvalue weighted by Crippen LogP contribution is -2.11. The monoisotopic (exact) mass is 321 g/mol. The Balaban J connectivity index is 3.25. The van der Waals surface area contributed by atoms with Crippen LogP contribution in [-0.4, -0.2) is 18.1 Å². The lowest BCUT2D eigenvalue weighted by molar-refractivity contribution is -0.387. The highest BCUT2D eigenvalue weighted by molar-refractivity contribution is 9.10. The molecule has 0 amide bonds. The Labute approximate surface area is 112 Å². The second-order valence-electron chi connectivity index (χ2n) is 3.32. The molecule has 0 aliphatic heterocycles. The molecule has 1 aromatic carbocycles. The van der Waals surface area contributed by atoms with Gasteiger partial charge in [0.05, 0.1) is 15.0 Å². The Bertz CT molecular complexity index is 435. The Morgan fingerprint density at radius 2 is 1.94 bits per heavy atom. The van der Waals surface area contributed by atoms with Gasteiger partial charge < -0.3 is 9.47 Å². The summed E-state index contributed by atoms with van der Waals surface area (Å²) in [5, 5.41) is 10.9. The van der Waals surface area contributed by atoms with Gasteiger partial charge in [0.15, 0.2) is 6.29 Å². The first-order valence-electron chi connectivity index (χ1n) is 5.37. The maximum Gasteiger partial charge on any atom is 0.279 e. The Hall–Kier alpha value is -1.05. The quantitative estimate of drug-likeness (QED) is 0.456. The Morgan fingerprint density at radius 3 is 2.39 bits per heavy atom. The lowest BCUT2D eigenvalue weighted by atomic mass is 10.1. The standard InChI is InChI=1S/C11H13BrFNO4/c1-3-17-11(18-4-2)7-5-9(13)8(12)6-10(7)14(15)16/h5-6,11H,3-4H2,1-2H3. The zero-order chi connectivity index (χ0) is 13.7. The van der Waals surface area contributed by atoms with Crippen LogP contribution in [0.2, 0.25) is 0 Å². The van der Waals surface area contributed by atoms with E-state index in [1.807, 2.05) is 0 Å². The molecule has 0 unspecified atom stereocenters. The molecule has 0 heterocycles. The first-order chi connectivity index (χ1) is 8.51. The third-order valence-corrected chi connectivity index (χ3v) is 2.76. The van der Waals surface area contributed by atoms with E-state index in [0.29, 0.717) is 13.2 Å². The van der Waals surface area contributed by atoms with Crippen LogP contribution >= 0.6 is 15.9 Å². The van der Waals surface area contributed by atoms with Gasteiger partial charge in [0.25, 0.3) is 5.69 Å². The van der Waals surface area contributed by atoms with Gasteiger partial charge in [0.1, 0.15) is 5.82 Å². The van der Waals surface area contributed by atoms with Crippen LogP contribution in [0.5, 0.6) is 0 Å². The largest absolute Gasteiger partial charge is 0.348 e. The van der Waals surface area contributed by atoms with E-state index in [9.17, 15) is 14.5 Å². The second kappa shape index (κ2) is 6.77. The summed E-state index contributed by atoms with van der Waals surface area (Å²) in [7, 11) is 0. The van der Waals surface area contributed by atoms with Gasteiger partial charge in [0.2, 0.25) is 0 Å². The fraction of sp³-hybridized carbons (Fsp3) is 0.455. The van der Waals surface area contributed by atoms with Crippen molar-refractivity contribution in [3.63, 3.8) is 0 Å². The van der Waals surface area contributed by atoms with E-state index in [0.717, 1.165) is 12.1 Å². The van der Waals surface area contributed by atoms with E-state index in [-0.39, 0.29) is 15.7 Å². The summed E-state index contributed by atoms with van der Waals surface area (Å²) in [5.41, 5.74) is -0.167. The third-order valence-electron chi connectivity index (χ3n) is 2.16. The maximum absolute atomic E-state index is 13.5. The van der Waals surface area contributed by atoms with Crippen LogP contribution in [-0.2, 0) is 9.47 Å². The number of rotatable bonds is 6. The minimum absolute atomic E-state index is 0.0321. The van der Waals surface area contributed by atoms with Crippen LogP contribution in [0.1, 0.15) is 25.7 Å². The van der Waals surface area contributed by atoms with Crippen molar-refractivity contribution < 1.29 is 18.8 Å². The molecule has 0 radical (unpaired) electrons. The van der Waals surface area contributed by atoms with Crippen molar-refractivity contribution >= 4 is 21.6 Å². The Kier molecular flexibility index (Phi) is 5.64. The van der Waals surface area contributed by atoms with E-state index < -0.39 is 17.0 Å². The molecule has 0 aliphatic rings. The van der Waals surface area contributed by atoms with Crippen LogP contribution in [0, 0.1) is 15.9 Å². The number of nitro benzene ring substituents is 1. The number of nitrogens with zero attached hydrogens (tertiary/aromatic N) is 1. The van der Waals surface area contributed by atoms with Crippen LogP contribution in [0.15, 0.2) is 16.6 Å². The molecule has 0 atom stereocenters. The van der Waals surface area contributed by atoms with Crippen molar-refractivity contribution in [1.82, 2.24) is 0 Å². The predicted molar refractivity (Wildman–Crippen MR) is 66.7 cm³/mol. The SMILES string of the molecule is CCOC(OCC)c1cc(F)c(Br)cc1[N+](=O)[O-]. The lowest BCUT2D eigenvalue weighted by Gasteiger charge is -2.17. The highest BCUT2D eigenvalue weighted by Gasteiger charge is 2.25. The van der Waals surface area contributed by atoms with Crippen LogP contribution in [0.25, 0.3) is 0 Å². The summed E-state index contributed by atoms with van der Waals surface area (Å²) in [4.78, 5) is 10.4. The first-order valence-corrected chi connectivity index (χ1v) is 6.17. The minimum Gasteiger partial charge on any atom is -0.348 e. The van der Waals surface area contributed by atoms with Crippen molar-refractivity contribution in [2.24, 2.45) is 0 Å². The van der Waals surface area contributed by atoms with E-state index >= 15 is 0 Å². The molecular weight excluding hydrogens is 309 g/mol. The van der Waals surface area contributed by atoms with E-state index in [2.05, 4.69) is 15.9 Å². The van der Waals surface area contributed by atoms with Gasteiger partial charge >= 0.3 is 0 Å². The van der Waals surface area contributed by atoms with Gasteiger partial charge in [-0.1, -0.05) is 0 Å². The molecule has 0 bridgehead atoms. The molecule has 0 aromatic heterocycles. The second-order valence-corrected chi connectivity index (χ2v) is 4.18. The van der Waals surface area contributed by atoms with Crippen molar-refractivity contribution in [3.8, 4) is 0 Å². The number of benzene rings is 1. The van der Waals surface area contributed by atoms with Crippen molar-refractivity contribution in [1.29, 1.82) is 0 Å². The van der Waals surface area contributed by atoms with Crippen molar-refractivity contribution in [2.75, 3.05) is 13.2 Å². The van der Waals surface area contributed by atoms with E-state index in [1.165, 1.54) is 0 Å². The van der Waals surface area contributed by atoms with Gasteiger partial charge in [-0.25, -0.2) is 4.39 Å². The highest BCUT2D eigenvalue weighted by Crippen LogP contribution is 2.33. The van der Waals surface area contributed by atoms with Gasteiger partial charge in [-0.2, -0.15) is 0 Å². The number of hydrogen-bond donors (Lipinski definition) is 0. The number of ether oxygens (including phenoxy) is 2. The van der Waals surface area contributed by atoms with Gasteiger partial charge in [-0.15, -0.1) is 0 Å². The molecule has 1 aromatic rings. The molecule has 0 spiro atoms. The third kappa shape index (κ3) is 3.47. The van der Waals surface area contributed by atoms with Gasteiger partial charge in [-0.05, 0) is 35.8 Å². The zero-order valence-electron chi connectivity index (χ0n) is 9.98. The van der Waals surface area contributed by atoms with Crippen molar-refractivity contribution in [2.45, 2.75) is 20.1 Å². The van der Waals surface area contributed by atoms with E-state index in [4.69, 9.17) is 9.47 Å². The normalized spacial score (nSPS) is 10.9. The highest BCUT2D eigenvalue weighted by atomic mass is 79.9. The fourth-order valence-electron chi connectivity index (χ4n) is 1.43. The molecule has 0 fully saturated rings. The number of halogens is 2. The molecular formula is C11H13BrFNO4. The van der Waals surface area contributed by atoms with Crippen LogP contribution in [0.4, 0.5) is 10.1 Å². The molecule has 7 heteroatoms. The Morgan fingerprint density at radius 1 is 1.39 bits per heavy atom. The molecule has 18 heavy (non-hydrogen) atoms. The van der Waals surface area contributed by atoms with Gasteiger partial charge in [0, 0.05) is 19.3 Å². The average Bonchev–Trinajstić information content (AvgIpc) is 2.31. The molecule has 0 saturated heterocycles. The van der Waals surface area contributed by atoms with E-state index in [1.54, 1.807) is 13.8 Å². The molecule has 5 nitrogen and oxygen atoms in total. The maximum atomic E-state index is 13.5. The van der Waals surface area contributed by atoms with Gasteiger partial charge in [-0.3, -0.25) is 10.1 Å². The summed E-state index contributed by atoms with van der Waals surface area (Å²) < 4.78 is 24.0. The summed E-state index contributed by atoms with van der Waals surface area (Å²) in [6, 6.07) is 2.16. The molecule has 0 aliphatic carbocycles. The average molecular weight is 322 g/mol. The molecule has 0 N–H and O–H groups in total.